The van der Waals surface area contributed by atoms with Gasteiger partial charge in [0.25, 0.3) is 0 Å². The number of aromatic hydroxyl groups is 1. The second kappa shape index (κ2) is 8.34. The highest BCUT2D eigenvalue weighted by atomic mass is 16.3. The summed E-state index contributed by atoms with van der Waals surface area (Å²) in [5.41, 5.74) is 2.68. The van der Waals surface area contributed by atoms with E-state index >= 15 is 0 Å². The van der Waals surface area contributed by atoms with Gasteiger partial charge < -0.3 is 15.5 Å². The van der Waals surface area contributed by atoms with Gasteiger partial charge in [0.2, 0.25) is 5.91 Å². The van der Waals surface area contributed by atoms with Crippen LogP contribution in [0.5, 0.6) is 5.75 Å². The van der Waals surface area contributed by atoms with Crippen LogP contribution in [0.3, 0.4) is 0 Å². The zero-order valence-corrected chi connectivity index (χ0v) is 13.3. The number of hydrogen-bond acceptors (Lipinski definition) is 3. The molecule has 3 N–H and O–H groups in total. The lowest BCUT2D eigenvalue weighted by atomic mass is 9.96. The Hall–Kier alpha value is -2.33. The molecule has 2 aromatic rings. The minimum absolute atomic E-state index is 0.0846. The minimum Gasteiger partial charge on any atom is -0.508 e. The lowest BCUT2D eigenvalue weighted by Gasteiger charge is -2.17. The lowest BCUT2D eigenvalue weighted by molar-refractivity contribution is -0.120. The molecular weight excluding hydrogens is 290 g/mol. The molecule has 1 amide bonds. The van der Waals surface area contributed by atoms with E-state index in [1.54, 1.807) is 12.1 Å². The van der Waals surface area contributed by atoms with Crippen molar-refractivity contribution in [2.75, 3.05) is 13.2 Å². The van der Waals surface area contributed by atoms with E-state index in [1.807, 2.05) is 43.3 Å². The maximum Gasteiger partial charge on any atom is 0.224 e. The first-order valence-electron chi connectivity index (χ1n) is 7.81. The first kappa shape index (κ1) is 17.0. The molecular formula is C19H23NO3. The van der Waals surface area contributed by atoms with Crippen molar-refractivity contribution in [1.29, 1.82) is 0 Å². The SMILES string of the molecule is Cc1ccc(CC(=O)NCC(CCO)c2ccccc2)cc1O. The number of benzene rings is 2. The molecule has 122 valence electrons. The van der Waals surface area contributed by atoms with E-state index in [2.05, 4.69) is 5.32 Å². The van der Waals surface area contributed by atoms with Gasteiger partial charge in [0.15, 0.2) is 0 Å². The topological polar surface area (TPSA) is 69.6 Å². The number of carbonyl (C=O) groups is 1. The van der Waals surface area contributed by atoms with E-state index in [9.17, 15) is 15.0 Å². The monoisotopic (exact) mass is 313 g/mol. The van der Waals surface area contributed by atoms with Crippen LogP contribution in [-0.4, -0.2) is 29.3 Å². The molecule has 0 saturated carbocycles. The van der Waals surface area contributed by atoms with Crippen molar-refractivity contribution >= 4 is 5.91 Å². The van der Waals surface area contributed by atoms with Gasteiger partial charge in [0.1, 0.15) is 5.75 Å². The van der Waals surface area contributed by atoms with Gasteiger partial charge in [-0.3, -0.25) is 4.79 Å². The molecule has 2 rings (SSSR count). The summed E-state index contributed by atoms with van der Waals surface area (Å²) in [4.78, 5) is 12.1. The molecule has 0 radical (unpaired) electrons. The number of nitrogens with one attached hydrogen (secondary N) is 1. The summed E-state index contributed by atoms with van der Waals surface area (Å²) in [5.74, 6) is 0.210. The van der Waals surface area contributed by atoms with Crippen LogP contribution in [0.2, 0.25) is 0 Å². The third-order valence-electron chi connectivity index (χ3n) is 3.93. The number of amides is 1. The Bertz CT molecular complexity index is 640. The highest BCUT2D eigenvalue weighted by Gasteiger charge is 2.13. The summed E-state index contributed by atoms with van der Waals surface area (Å²) in [5, 5.41) is 21.8. The molecule has 1 unspecified atom stereocenters. The summed E-state index contributed by atoms with van der Waals surface area (Å²) < 4.78 is 0. The van der Waals surface area contributed by atoms with Crippen molar-refractivity contribution in [3.63, 3.8) is 0 Å². The predicted octanol–water partition coefficient (Wildman–Crippen LogP) is 2.53. The molecule has 0 spiro atoms. The predicted molar refractivity (Wildman–Crippen MR) is 90.4 cm³/mol. The summed E-state index contributed by atoms with van der Waals surface area (Å²) in [6, 6.07) is 15.1. The molecule has 1 atom stereocenters. The van der Waals surface area contributed by atoms with E-state index in [4.69, 9.17) is 0 Å². The van der Waals surface area contributed by atoms with Gasteiger partial charge in [-0.1, -0.05) is 42.5 Å². The second-order valence-electron chi connectivity index (χ2n) is 5.72. The fourth-order valence-electron chi connectivity index (χ4n) is 2.52. The number of rotatable bonds is 7. The van der Waals surface area contributed by atoms with E-state index in [0.717, 1.165) is 16.7 Å². The number of phenols is 1. The van der Waals surface area contributed by atoms with Gasteiger partial charge >= 0.3 is 0 Å². The van der Waals surface area contributed by atoms with Gasteiger partial charge in [-0.25, -0.2) is 0 Å². The Morgan fingerprint density at radius 2 is 1.91 bits per heavy atom. The van der Waals surface area contributed by atoms with Crippen LogP contribution in [0.4, 0.5) is 0 Å². The van der Waals surface area contributed by atoms with Crippen LogP contribution >= 0.6 is 0 Å². The van der Waals surface area contributed by atoms with Crippen molar-refractivity contribution in [1.82, 2.24) is 5.32 Å². The average molecular weight is 313 g/mol. The number of aliphatic hydroxyl groups excluding tert-OH is 1. The molecule has 23 heavy (non-hydrogen) atoms. The number of aryl methyl sites for hydroxylation is 1. The summed E-state index contributed by atoms with van der Waals surface area (Å²) >= 11 is 0. The van der Waals surface area contributed by atoms with Gasteiger partial charge in [0, 0.05) is 19.1 Å². The Morgan fingerprint density at radius 3 is 2.57 bits per heavy atom. The molecule has 0 saturated heterocycles. The second-order valence-corrected chi connectivity index (χ2v) is 5.72. The highest BCUT2D eigenvalue weighted by Crippen LogP contribution is 2.19. The third-order valence-corrected chi connectivity index (χ3v) is 3.93. The molecule has 0 heterocycles. The average Bonchev–Trinajstić information content (AvgIpc) is 2.56. The maximum absolute atomic E-state index is 12.1. The molecule has 0 aliphatic carbocycles. The fraction of sp³-hybridized carbons (Fsp3) is 0.316. The molecule has 0 fully saturated rings. The van der Waals surface area contributed by atoms with Crippen LogP contribution in [0, 0.1) is 6.92 Å². The number of hydrogen-bond donors (Lipinski definition) is 3. The number of carbonyl (C=O) groups excluding carboxylic acids is 1. The number of aliphatic hydroxyl groups is 1. The van der Waals surface area contributed by atoms with Crippen molar-refractivity contribution in [3.05, 3.63) is 65.2 Å². The van der Waals surface area contributed by atoms with E-state index < -0.39 is 0 Å². The molecule has 0 bridgehead atoms. The Labute approximate surface area is 136 Å². The van der Waals surface area contributed by atoms with Gasteiger partial charge in [-0.05, 0) is 36.1 Å². The smallest absolute Gasteiger partial charge is 0.224 e. The molecule has 0 aromatic heterocycles. The van der Waals surface area contributed by atoms with Crippen LogP contribution < -0.4 is 5.32 Å². The zero-order valence-electron chi connectivity index (χ0n) is 13.3. The fourth-order valence-corrected chi connectivity index (χ4v) is 2.52. The minimum atomic E-state index is -0.0906. The van der Waals surface area contributed by atoms with Crippen molar-refractivity contribution < 1.29 is 15.0 Å². The molecule has 4 nitrogen and oxygen atoms in total. The standard InChI is InChI=1S/C19H23NO3/c1-14-7-8-15(11-18(14)22)12-19(23)20-13-17(9-10-21)16-5-3-2-4-6-16/h2-8,11,17,21-22H,9-10,12-13H2,1H3,(H,20,23). The molecule has 4 heteroatoms. The summed E-state index contributed by atoms with van der Waals surface area (Å²) in [7, 11) is 0. The zero-order chi connectivity index (χ0) is 16.7. The molecule has 0 aliphatic heterocycles. The van der Waals surface area contributed by atoms with Crippen molar-refractivity contribution in [3.8, 4) is 5.75 Å². The Kier molecular flexibility index (Phi) is 6.18. The van der Waals surface area contributed by atoms with E-state index in [0.29, 0.717) is 13.0 Å². The maximum atomic E-state index is 12.1. The largest absolute Gasteiger partial charge is 0.508 e. The van der Waals surface area contributed by atoms with Crippen LogP contribution in [0.15, 0.2) is 48.5 Å². The quantitative estimate of drug-likeness (QED) is 0.735. The van der Waals surface area contributed by atoms with E-state index in [1.165, 1.54) is 0 Å². The van der Waals surface area contributed by atoms with Gasteiger partial charge in [0.05, 0.1) is 6.42 Å². The summed E-state index contributed by atoms with van der Waals surface area (Å²) in [6.45, 7) is 2.39. The lowest BCUT2D eigenvalue weighted by Crippen LogP contribution is -2.30. The van der Waals surface area contributed by atoms with E-state index in [-0.39, 0.29) is 30.6 Å². The Balaban J connectivity index is 1.92. The molecule has 0 aliphatic rings. The van der Waals surface area contributed by atoms with Crippen LogP contribution in [0.25, 0.3) is 0 Å². The highest BCUT2D eigenvalue weighted by molar-refractivity contribution is 5.78. The summed E-state index contributed by atoms with van der Waals surface area (Å²) in [6.07, 6.45) is 0.837. The van der Waals surface area contributed by atoms with Crippen molar-refractivity contribution in [2.24, 2.45) is 0 Å². The van der Waals surface area contributed by atoms with Gasteiger partial charge in [-0.2, -0.15) is 0 Å². The van der Waals surface area contributed by atoms with Crippen LogP contribution in [-0.2, 0) is 11.2 Å². The van der Waals surface area contributed by atoms with Crippen molar-refractivity contribution in [2.45, 2.75) is 25.7 Å². The van der Waals surface area contributed by atoms with Crippen LogP contribution in [0.1, 0.15) is 29.0 Å². The number of phenolic OH excluding ortho intramolecular Hbond substituents is 1. The normalized spacial score (nSPS) is 11.9. The molecule has 2 aromatic carbocycles. The Morgan fingerprint density at radius 1 is 1.17 bits per heavy atom. The first-order chi connectivity index (χ1) is 11.1. The van der Waals surface area contributed by atoms with Gasteiger partial charge in [-0.15, -0.1) is 0 Å². The first-order valence-corrected chi connectivity index (χ1v) is 7.81. The third kappa shape index (κ3) is 5.11.